The molecule has 0 unspecified atom stereocenters. The highest BCUT2D eigenvalue weighted by atomic mass is 32.2. The molecule has 3 aromatic carbocycles. The Bertz CT molecular complexity index is 955. The lowest BCUT2D eigenvalue weighted by Gasteiger charge is -2.22. The fraction of sp³-hybridized carbons (Fsp3) is 0.379. The van der Waals surface area contributed by atoms with Gasteiger partial charge in [0.15, 0.2) is 14.7 Å². The van der Waals surface area contributed by atoms with Gasteiger partial charge in [-0.3, -0.25) is 0 Å². The second kappa shape index (κ2) is 12.6. The van der Waals surface area contributed by atoms with Gasteiger partial charge in [0, 0.05) is 6.42 Å². The zero-order valence-corrected chi connectivity index (χ0v) is 20.7. The van der Waals surface area contributed by atoms with Crippen molar-refractivity contribution in [2.75, 3.05) is 0 Å². The maximum Gasteiger partial charge on any atom is 0.394 e. The minimum absolute atomic E-state index is 0.0278. The number of alkyl halides is 5. The molecule has 3 aromatic rings. The Morgan fingerprint density at radius 3 is 1.51 bits per heavy atom. The topological polar surface area (TPSA) is 0 Å². The number of hydrogen-bond acceptors (Lipinski definition) is 0. The zero-order chi connectivity index (χ0) is 25.3. The van der Waals surface area contributed by atoms with E-state index in [0.29, 0.717) is 0 Å². The summed E-state index contributed by atoms with van der Waals surface area (Å²) in [5, 5.41) is 0. The third kappa shape index (κ3) is 8.68. The van der Waals surface area contributed by atoms with Crippen LogP contribution in [0.15, 0.2) is 99.6 Å². The van der Waals surface area contributed by atoms with Gasteiger partial charge in [-0.05, 0) is 60.7 Å². The highest BCUT2D eigenvalue weighted by Crippen LogP contribution is 2.36. The van der Waals surface area contributed by atoms with Gasteiger partial charge in [-0.2, -0.15) is 13.2 Å². The average molecular weight is 508 g/mol. The van der Waals surface area contributed by atoms with E-state index in [0.717, 1.165) is 12.8 Å². The highest BCUT2D eigenvalue weighted by molar-refractivity contribution is 7.97. The Morgan fingerprint density at radius 2 is 1.11 bits per heavy atom. The maximum absolute atomic E-state index is 11.9. The van der Waals surface area contributed by atoms with Crippen LogP contribution < -0.4 is 0 Å². The molecular formula is C29H32F5S+. The predicted octanol–water partition coefficient (Wildman–Crippen LogP) is 9.81. The second-order valence-corrected chi connectivity index (χ2v) is 10.9. The second-order valence-electron chi connectivity index (χ2n) is 8.84. The molecule has 1 aliphatic rings. The van der Waals surface area contributed by atoms with Crippen LogP contribution in [-0.2, 0) is 10.9 Å². The van der Waals surface area contributed by atoms with Crippen molar-refractivity contribution >= 4 is 10.9 Å². The van der Waals surface area contributed by atoms with Gasteiger partial charge in [-0.15, -0.1) is 0 Å². The summed E-state index contributed by atoms with van der Waals surface area (Å²) in [6.07, 6.45) is -0.622. The minimum atomic E-state index is -4.76. The average Bonchev–Trinajstić information content (AvgIpc) is 2.86. The summed E-state index contributed by atoms with van der Waals surface area (Å²) < 4.78 is 57.6. The molecule has 0 N–H and O–H groups in total. The lowest BCUT2D eigenvalue weighted by Crippen LogP contribution is -2.24. The van der Waals surface area contributed by atoms with Crippen molar-refractivity contribution in [3.63, 3.8) is 0 Å². The molecule has 0 aromatic heterocycles. The quantitative estimate of drug-likeness (QED) is 0.230. The molecule has 6 heteroatoms. The van der Waals surface area contributed by atoms with Crippen LogP contribution in [0.4, 0.5) is 22.0 Å². The molecule has 0 spiro atoms. The molecule has 1 fully saturated rings. The fourth-order valence-electron chi connectivity index (χ4n) is 4.25. The minimum Gasteiger partial charge on any atom is -0.207 e. The molecule has 35 heavy (non-hydrogen) atoms. The summed E-state index contributed by atoms with van der Waals surface area (Å²) in [6.45, 7) is 1.02. The van der Waals surface area contributed by atoms with Crippen LogP contribution >= 0.6 is 0 Å². The third-order valence-electron chi connectivity index (χ3n) is 6.13. The van der Waals surface area contributed by atoms with E-state index in [1.165, 1.54) is 52.4 Å². The molecule has 0 radical (unpaired) electrons. The van der Waals surface area contributed by atoms with Crippen LogP contribution in [0.3, 0.4) is 0 Å². The van der Waals surface area contributed by atoms with Crippen molar-refractivity contribution in [1.82, 2.24) is 0 Å². The number of rotatable bonds is 6. The Labute approximate surface area is 207 Å². The molecule has 0 saturated heterocycles. The van der Waals surface area contributed by atoms with Crippen LogP contribution in [0.1, 0.15) is 63.4 Å². The Kier molecular flexibility index (Phi) is 9.79. The van der Waals surface area contributed by atoms with Crippen LogP contribution in [0, 0.1) is 0 Å². The van der Waals surface area contributed by atoms with Gasteiger partial charge in [-0.1, -0.05) is 74.7 Å². The van der Waals surface area contributed by atoms with Gasteiger partial charge in [-0.25, -0.2) is 8.78 Å². The van der Waals surface area contributed by atoms with Gasteiger partial charge >= 0.3 is 6.18 Å². The molecule has 0 heterocycles. The van der Waals surface area contributed by atoms with E-state index in [9.17, 15) is 22.0 Å². The van der Waals surface area contributed by atoms with Crippen molar-refractivity contribution in [2.45, 2.75) is 84.6 Å². The van der Waals surface area contributed by atoms with Gasteiger partial charge < -0.3 is 0 Å². The van der Waals surface area contributed by atoms with Crippen molar-refractivity contribution in [3.8, 4) is 0 Å². The predicted molar refractivity (Wildman–Crippen MR) is 133 cm³/mol. The smallest absolute Gasteiger partial charge is 0.207 e. The summed E-state index contributed by atoms with van der Waals surface area (Å²) in [5.41, 5.74) is 1.54. The first kappa shape index (κ1) is 27.3. The number of halogens is 5. The van der Waals surface area contributed by atoms with Crippen molar-refractivity contribution < 1.29 is 22.0 Å². The van der Waals surface area contributed by atoms with E-state index in [2.05, 4.69) is 84.9 Å². The van der Waals surface area contributed by atoms with E-state index in [1.54, 1.807) is 0 Å². The standard InChI is InChI=1S/C24H25S.C5H7F5/c1-4-10-20(11-5-1)21-16-18-24(19-17-21)25(22-12-6-2-7-13-22)23-14-8-3-9-15-23;1-2-4(6,7)3-5(8,9)10/h2-3,6-9,12-20H,1,4-5,10-11H2;2-3H2,1H3/q+1;. The SMILES string of the molecule is CCC(F)(F)CC(F)(F)F.c1ccc([S+](c2ccccc2)c2ccc(C3CCCCC3)cc2)cc1. The first-order valence-electron chi connectivity index (χ1n) is 12.1. The molecule has 0 amide bonds. The molecule has 0 bridgehead atoms. The molecule has 1 aliphatic carbocycles. The van der Waals surface area contributed by atoms with Crippen LogP contribution in [0.2, 0.25) is 0 Å². The molecule has 0 nitrogen and oxygen atoms in total. The third-order valence-corrected chi connectivity index (χ3v) is 8.36. The van der Waals surface area contributed by atoms with E-state index in [-0.39, 0.29) is 10.9 Å². The zero-order valence-electron chi connectivity index (χ0n) is 19.9. The Balaban J connectivity index is 0.000000292. The Hall–Kier alpha value is -2.34. The van der Waals surface area contributed by atoms with Gasteiger partial charge in [0.1, 0.15) is 6.42 Å². The number of hydrogen-bond donors (Lipinski definition) is 0. The summed E-state index contributed by atoms with van der Waals surface area (Å²) >= 11 is 0. The highest BCUT2D eigenvalue weighted by Gasteiger charge is 2.41. The van der Waals surface area contributed by atoms with Crippen LogP contribution in [0.25, 0.3) is 0 Å². The van der Waals surface area contributed by atoms with E-state index in [1.807, 2.05) is 0 Å². The van der Waals surface area contributed by atoms with Gasteiger partial charge in [0.25, 0.3) is 5.92 Å². The summed E-state index contributed by atoms with van der Waals surface area (Å²) in [6, 6.07) is 31.3. The Morgan fingerprint density at radius 1 is 0.657 bits per heavy atom. The summed E-state index contributed by atoms with van der Waals surface area (Å²) in [4.78, 5) is 4.19. The molecule has 0 aliphatic heterocycles. The normalized spacial score (nSPS) is 14.9. The van der Waals surface area contributed by atoms with E-state index in [4.69, 9.17) is 0 Å². The summed E-state index contributed by atoms with van der Waals surface area (Å²) in [5.74, 6) is -2.82. The molecule has 1 saturated carbocycles. The first-order valence-corrected chi connectivity index (χ1v) is 13.3. The van der Waals surface area contributed by atoms with Crippen molar-refractivity contribution in [2.24, 2.45) is 0 Å². The van der Waals surface area contributed by atoms with E-state index >= 15 is 0 Å². The van der Waals surface area contributed by atoms with E-state index < -0.39 is 24.9 Å². The monoisotopic (exact) mass is 507 g/mol. The number of benzene rings is 3. The molecule has 188 valence electrons. The van der Waals surface area contributed by atoms with Gasteiger partial charge in [0.05, 0.1) is 10.9 Å². The molecule has 0 atom stereocenters. The largest absolute Gasteiger partial charge is 0.394 e. The van der Waals surface area contributed by atoms with Crippen LogP contribution in [0.5, 0.6) is 0 Å². The molecule has 4 rings (SSSR count). The lowest BCUT2D eigenvalue weighted by molar-refractivity contribution is -0.188. The maximum atomic E-state index is 11.9. The first-order chi connectivity index (χ1) is 16.7. The fourth-order valence-corrected chi connectivity index (χ4v) is 6.34. The van der Waals surface area contributed by atoms with Crippen molar-refractivity contribution in [3.05, 3.63) is 90.5 Å². The molecular weight excluding hydrogens is 475 g/mol. The van der Waals surface area contributed by atoms with Crippen LogP contribution in [-0.4, -0.2) is 12.1 Å². The lowest BCUT2D eigenvalue weighted by atomic mass is 9.84. The van der Waals surface area contributed by atoms with Crippen molar-refractivity contribution in [1.29, 1.82) is 0 Å². The summed E-state index contributed by atoms with van der Waals surface area (Å²) in [7, 11) is -0.0278. The van der Waals surface area contributed by atoms with Gasteiger partial charge in [0.2, 0.25) is 0 Å².